The van der Waals surface area contributed by atoms with E-state index >= 15 is 0 Å². The normalized spacial score (nSPS) is 15.3. The van der Waals surface area contributed by atoms with Gasteiger partial charge in [-0.3, -0.25) is 0 Å². The summed E-state index contributed by atoms with van der Waals surface area (Å²) in [5, 5.41) is 3.11. The lowest BCUT2D eigenvalue weighted by Crippen LogP contribution is -2.53. The summed E-state index contributed by atoms with van der Waals surface area (Å²) in [6.45, 7) is 9.34. The summed E-state index contributed by atoms with van der Waals surface area (Å²) in [7, 11) is 0. The molecule has 1 fully saturated rings. The van der Waals surface area contributed by atoms with Gasteiger partial charge in [-0.05, 0) is 37.5 Å². The van der Waals surface area contributed by atoms with Gasteiger partial charge in [0.1, 0.15) is 0 Å². The summed E-state index contributed by atoms with van der Waals surface area (Å²) >= 11 is 0. The third-order valence-electron chi connectivity index (χ3n) is 4.80. The Balaban J connectivity index is 1.60. The van der Waals surface area contributed by atoms with Gasteiger partial charge in [0.25, 0.3) is 0 Å². The van der Waals surface area contributed by atoms with Crippen LogP contribution in [0.15, 0.2) is 18.2 Å². The molecule has 0 unspecified atom stereocenters. The Hall–Kier alpha value is -2.24. The van der Waals surface area contributed by atoms with Crippen LogP contribution in [0, 0.1) is 6.92 Å². The van der Waals surface area contributed by atoms with E-state index in [-0.39, 0.29) is 12.1 Å². The summed E-state index contributed by atoms with van der Waals surface area (Å²) < 4.78 is 0. The van der Waals surface area contributed by atoms with Gasteiger partial charge in [-0.15, -0.1) is 0 Å². The van der Waals surface area contributed by atoms with Crippen molar-refractivity contribution in [2.24, 2.45) is 0 Å². The molecule has 0 bridgehead atoms. The molecule has 2 aromatic rings. The highest BCUT2D eigenvalue weighted by molar-refractivity contribution is 5.78. The molecule has 0 aliphatic carbocycles. The molecular weight excluding hydrogens is 302 g/mol. The Bertz CT molecular complexity index is 698. The summed E-state index contributed by atoms with van der Waals surface area (Å²) in [6.07, 6.45) is 1.95. The zero-order chi connectivity index (χ0) is 17.1. The van der Waals surface area contributed by atoms with E-state index in [1.807, 2.05) is 11.0 Å². The number of urea groups is 1. The van der Waals surface area contributed by atoms with E-state index in [1.165, 1.54) is 5.56 Å². The summed E-state index contributed by atoms with van der Waals surface area (Å²) in [4.78, 5) is 24.5. The zero-order valence-corrected chi connectivity index (χ0v) is 14.8. The second-order valence-corrected chi connectivity index (χ2v) is 6.52. The van der Waals surface area contributed by atoms with Crippen molar-refractivity contribution in [3.05, 3.63) is 23.8 Å². The fraction of sp³-hybridized carbons (Fsp3) is 0.556. The number of H-pyrrole nitrogens is 1. The Labute approximate surface area is 143 Å². The first kappa shape index (κ1) is 16.6. The second kappa shape index (κ2) is 7.11. The average Bonchev–Trinajstić information content (AvgIpc) is 3.02. The van der Waals surface area contributed by atoms with Crippen LogP contribution in [0.25, 0.3) is 11.0 Å². The van der Waals surface area contributed by atoms with Gasteiger partial charge in [0, 0.05) is 32.2 Å². The van der Waals surface area contributed by atoms with Gasteiger partial charge in [0.2, 0.25) is 5.95 Å². The molecular formula is C18H27N5O. The molecule has 1 aliphatic heterocycles. The molecule has 2 amide bonds. The highest BCUT2D eigenvalue weighted by Crippen LogP contribution is 2.19. The number of carbonyl (C=O) groups is 1. The molecule has 1 saturated heterocycles. The van der Waals surface area contributed by atoms with Gasteiger partial charge in [-0.2, -0.15) is 0 Å². The maximum Gasteiger partial charge on any atom is 0.317 e. The first-order chi connectivity index (χ1) is 11.6. The van der Waals surface area contributed by atoms with Gasteiger partial charge in [0.05, 0.1) is 11.0 Å². The van der Waals surface area contributed by atoms with Crippen molar-refractivity contribution in [2.45, 2.75) is 39.7 Å². The van der Waals surface area contributed by atoms with Gasteiger partial charge in [0.15, 0.2) is 0 Å². The van der Waals surface area contributed by atoms with Gasteiger partial charge < -0.3 is 20.1 Å². The Morgan fingerprint density at radius 1 is 1.25 bits per heavy atom. The molecule has 1 aliphatic rings. The SMILES string of the molecule is CCC(CC)NC(=O)N1CCN(c2nc3ccc(C)cc3[nH]2)CC1. The van der Waals surface area contributed by atoms with Crippen molar-refractivity contribution in [3.63, 3.8) is 0 Å². The zero-order valence-electron chi connectivity index (χ0n) is 14.8. The number of aryl methyl sites for hydroxylation is 1. The van der Waals surface area contributed by atoms with Gasteiger partial charge >= 0.3 is 6.03 Å². The minimum Gasteiger partial charge on any atom is -0.339 e. The summed E-state index contributed by atoms with van der Waals surface area (Å²) in [5.41, 5.74) is 3.28. The number of aromatic nitrogens is 2. The molecule has 2 N–H and O–H groups in total. The van der Waals surface area contributed by atoms with Crippen LogP contribution in [0.3, 0.4) is 0 Å². The predicted molar refractivity (Wildman–Crippen MR) is 97.5 cm³/mol. The van der Waals surface area contributed by atoms with E-state index in [9.17, 15) is 4.79 Å². The van der Waals surface area contributed by atoms with Crippen LogP contribution in [0.4, 0.5) is 10.7 Å². The standard InChI is InChI=1S/C18H27N5O/c1-4-14(5-2)19-18(24)23-10-8-22(9-11-23)17-20-15-7-6-13(3)12-16(15)21-17/h6-7,12,14H,4-5,8-11H2,1-3H3,(H,19,24)(H,20,21). The van der Waals surface area contributed by atoms with Crippen LogP contribution in [-0.2, 0) is 0 Å². The molecule has 0 radical (unpaired) electrons. The number of imidazole rings is 1. The largest absolute Gasteiger partial charge is 0.339 e. The first-order valence-electron chi connectivity index (χ1n) is 8.87. The minimum absolute atomic E-state index is 0.0589. The van der Waals surface area contributed by atoms with E-state index < -0.39 is 0 Å². The van der Waals surface area contributed by atoms with E-state index in [4.69, 9.17) is 0 Å². The third kappa shape index (κ3) is 3.47. The maximum absolute atomic E-state index is 12.3. The monoisotopic (exact) mass is 329 g/mol. The van der Waals surface area contributed by atoms with Crippen molar-refractivity contribution in [1.82, 2.24) is 20.2 Å². The number of aromatic amines is 1. The highest BCUT2D eigenvalue weighted by atomic mass is 16.2. The molecule has 0 atom stereocenters. The van der Waals surface area contributed by atoms with E-state index in [0.29, 0.717) is 0 Å². The highest BCUT2D eigenvalue weighted by Gasteiger charge is 2.23. The Morgan fingerprint density at radius 2 is 1.96 bits per heavy atom. The van der Waals surface area contributed by atoms with Crippen LogP contribution in [0.1, 0.15) is 32.3 Å². The smallest absolute Gasteiger partial charge is 0.317 e. The van der Waals surface area contributed by atoms with Crippen LogP contribution in [-0.4, -0.2) is 53.1 Å². The van der Waals surface area contributed by atoms with Gasteiger partial charge in [-0.1, -0.05) is 19.9 Å². The molecule has 24 heavy (non-hydrogen) atoms. The maximum atomic E-state index is 12.3. The molecule has 0 saturated carbocycles. The van der Waals surface area contributed by atoms with E-state index in [2.05, 4.69) is 53.1 Å². The molecule has 0 spiro atoms. The summed E-state index contributed by atoms with van der Waals surface area (Å²) in [6, 6.07) is 6.57. The fourth-order valence-corrected chi connectivity index (χ4v) is 3.14. The number of nitrogens with one attached hydrogen (secondary N) is 2. The number of carbonyl (C=O) groups excluding carboxylic acids is 1. The second-order valence-electron chi connectivity index (χ2n) is 6.52. The fourth-order valence-electron chi connectivity index (χ4n) is 3.14. The number of hydrogen-bond acceptors (Lipinski definition) is 3. The van der Waals surface area contributed by atoms with Crippen molar-refractivity contribution >= 4 is 23.0 Å². The minimum atomic E-state index is 0.0589. The lowest BCUT2D eigenvalue weighted by molar-refractivity contribution is 0.189. The van der Waals surface area contributed by atoms with Crippen molar-refractivity contribution in [1.29, 1.82) is 0 Å². The molecule has 6 nitrogen and oxygen atoms in total. The molecule has 3 rings (SSSR count). The Kier molecular flexibility index (Phi) is 4.92. The van der Waals surface area contributed by atoms with Crippen molar-refractivity contribution < 1.29 is 4.79 Å². The van der Waals surface area contributed by atoms with Crippen LogP contribution in [0.5, 0.6) is 0 Å². The number of hydrogen-bond donors (Lipinski definition) is 2. The molecule has 1 aromatic heterocycles. The number of amides is 2. The molecule has 130 valence electrons. The number of rotatable bonds is 4. The lowest BCUT2D eigenvalue weighted by Gasteiger charge is -2.35. The number of piperazine rings is 1. The van der Waals surface area contributed by atoms with Crippen molar-refractivity contribution in [3.8, 4) is 0 Å². The van der Waals surface area contributed by atoms with Crippen LogP contribution < -0.4 is 10.2 Å². The van der Waals surface area contributed by atoms with Crippen LogP contribution >= 0.6 is 0 Å². The van der Waals surface area contributed by atoms with E-state index in [0.717, 1.165) is 56.0 Å². The lowest BCUT2D eigenvalue weighted by atomic mass is 10.2. The number of fused-ring (bicyclic) bond motifs is 1. The summed E-state index contributed by atoms with van der Waals surface area (Å²) in [5.74, 6) is 0.899. The topological polar surface area (TPSA) is 64.3 Å². The van der Waals surface area contributed by atoms with Gasteiger partial charge in [-0.25, -0.2) is 9.78 Å². The molecule has 2 heterocycles. The third-order valence-corrected chi connectivity index (χ3v) is 4.80. The number of nitrogens with zero attached hydrogens (tertiary/aromatic N) is 3. The first-order valence-corrected chi connectivity index (χ1v) is 8.87. The Morgan fingerprint density at radius 3 is 2.62 bits per heavy atom. The number of anilines is 1. The van der Waals surface area contributed by atoms with Crippen molar-refractivity contribution in [2.75, 3.05) is 31.1 Å². The van der Waals surface area contributed by atoms with Crippen LogP contribution in [0.2, 0.25) is 0 Å². The molecule has 1 aromatic carbocycles. The van der Waals surface area contributed by atoms with E-state index in [1.54, 1.807) is 0 Å². The quantitative estimate of drug-likeness (QED) is 0.906. The number of benzene rings is 1. The molecule has 6 heteroatoms. The predicted octanol–water partition coefficient (Wildman–Crippen LogP) is 2.89. The average molecular weight is 329 g/mol.